The normalized spacial score (nSPS) is 29.4. The fourth-order valence-electron chi connectivity index (χ4n) is 9.93. The van der Waals surface area contributed by atoms with Crippen LogP contribution in [0, 0.1) is 28.6 Å². The Morgan fingerprint density at radius 3 is 2.15 bits per heavy atom. The molecular formula is C40H48O7. The molecular weight excluding hydrogens is 592 g/mol. The van der Waals surface area contributed by atoms with E-state index in [0.29, 0.717) is 17.0 Å². The van der Waals surface area contributed by atoms with Gasteiger partial charge >= 0.3 is 0 Å². The number of hydrogen-bond acceptors (Lipinski definition) is 7. The molecule has 1 fully saturated rings. The summed E-state index contributed by atoms with van der Waals surface area (Å²) in [6.07, 6.45) is 6.43. The Bertz CT molecular complexity index is 1750. The Labute approximate surface area is 277 Å². The standard InChI is InChI=1S/C40H48O7/c1-20(2)26-17-27(25-14-12-24(13-15-25)16-23-10-8-9-11-23)33(42)30-28(26)18-38(6)19-39(7)31(21(3)4)34(43)29(22(5)41)36(45)40(39,47)37(46)32(38)35(30)44/h12-15,17,20-21,23,31,42-43,46-47H,8-11,16,18-19H2,1-7H3/t31?,38-,39-,40+/m1/s1. The van der Waals surface area contributed by atoms with Gasteiger partial charge in [0.25, 0.3) is 0 Å². The van der Waals surface area contributed by atoms with Crippen molar-refractivity contribution < 1.29 is 34.8 Å². The van der Waals surface area contributed by atoms with Gasteiger partial charge in [0.15, 0.2) is 17.2 Å². The molecule has 0 bridgehead atoms. The largest absolute Gasteiger partial charge is 0.511 e. The van der Waals surface area contributed by atoms with E-state index in [1.165, 1.54) is 31.2 Å². The molecule has 6 rings (SSSR count). The van der Waals surface area contributed by atoms with Gasteiger partial charge in [-0.15, -0.1) is 0 Å². The minimum absolute atomic E-state index is 0.00106. The van der Waals surface area contributed by atoms with Gasteiger partial charge in [-0.3, -0.25) is 14.4 Å². The van der Waals surface area contributed by atoms with Crippen molar-refractivity contribution in [1.29, 1.82) is 0 Å². The first kappa shape index (κ1) is 33.2. The van der Waals surface area contributed by atoms with E-state index in [4.69, 9.17) is 0 Å². The maximum atomic E-state index is 14.7. The minimum atomic E-state index is -2.62. The van der Waals surface area contributed by atoms with Crippen molar-refractivity contribution >= 4 is 17.3 Å². The molecule has 4 aliphatic carbocycles. The van der Waals surface area contributed by atoms with Crippen LogP contribution in [0.5, 0.6) is 5.75 Å². The number of phenolic OH excluding ortho intramolecular Hbond substituents is 1. The molecule has 1 unspecified atom stereocenters. The average molecular weight is 641 g/mol. The lowest BCUT2D eigenvalue weighted by atomic mass is 9.44. The highest BCUT2D eigenvalue weighted by atomic mass is 16.3. The van der Waals surface area contributed by atoms with Crippen molar-refractivity contribution in [2.24, 2.45) is 28.6 Å². The van der Waals surface area contributed by atoms with Crippen molar-refractivity contribution in [3.8, 4) is 16.9 Å². The fraction of sp³-hybridized carbons (Fsp3) is 0.525. The molecule has 0 radical (unpaired) electrons. The number of rotatable bonds is 6. The second-order valence-electron chi connectivity index (χ2n) is 15.9. The maximum absolute atomic E-state index is 14.7. The third kappa shape index (κ3) is 4.67. The van der Waals surface area contributed by atoms with Crippen LogP contribution in [0.2, 0.25) is 0 Å². The number of benzene rings is 2. The van der Waals surface area contributed by atoms with Gasteiger partial charge in [0.1, 0.15) is 22.8 Å². The SMILES string of the molecule is CC(=O)C1=C(O)C(C(C)C)[C@@]2(C)C[C@@]3(C)Cc4c(C(C)C)cc(-c5ccc(CC6CCCC6)cc5)c(O)c4C(=O)C3=C(O)[C@@]2(O)C1=O. The first-order chi connectivity index (χ1) is 22.0. The molecule has 47 heavy (non-hydrogen) atoms. The number of aliphatic hydroxyl groups is 3. The van der Waals surface area contributed by atoms with E-state index in [1.54, 1.807) is 6.92 Å². The molecule has 0 spiro atoms. The van der Waals surface area contributed by atoms with Gasteiger partial charge in [-0.05, 0) is 72.3 Å². The Morgan fingerprint density at radius 2 is 1.60 bits per heavy atom. The van der Waals surface area contributed by atoms with E-state index >= 15 is 0 Å². The van der Waals surface area contributed by atoms with E-state index < -0.39 is 51.0 Å². The van der Waals surface area contributed by atoms with Gasteiger partial charge in [-0.25, -0.2) is 0 Å². The number of carbonyl (C=O) groups excluding carboxylic acids is 3. The summed E-state index contributed by atoms with van der Waals surface area (Å²) in [5.41, 5.74) is -1.61. The van der Waals surface area contributed by atoms with Crippen LogP contribution in [-0.2, 0) is 22.4 Å². The number of aliphatic hydroxyl groups excluding tert-OH is 2. The highest BCUT2D eigenvalue weighted by Gasteiger charge is 2.71. The molecule has 0 amide bonds. The Hall–Kier alpha value is -3.71. The van der Waals surface area contributed by atoms with E-state index in [9.17, 15) is 34.8 Å². The molecule has 4 atom stereocenters. The predicted molar refractivity (Wildman–Crippen MR) is 180 cm³/mol. The molecule has 4 aliphatic rings. The molecule has 1 saturated carbocycles. The molecule has 4 N–H and O–H groups in total. The van der Waals surface area contributed by atoms with E-state index in [-0.39, 0.29) is 47.3 Å². The smallest absolute Gasteiger partial charge is 0.209 e. The van der Waals surface area contributed by atoms with Crippen LogP contribution < -0.4 is 0 Å². The lowest BCUT2D eigenvalue weighted by Crippen LogP contribution is -2.67. The summed E-state index contributed by atoms with van der Waals surface area (Å²) < 4.78 is 0. The number of hydrogen-bond donors (Lipinski definition) is 4. The second-order valence-corrected chi connectivity index (χ2v) is 15.9. The predicted octanol–water partition coefficient (Wildman–Crippen LogP) is 7.87. The summed E-state index contributed by atoms with van der Waals surface area (Å²) >= 11 is 0. The molecule has 2 aromatic carbocycles. The van der Waals surface area contributed by atoms with Crippen molar-refractivity contribution in [2.45, 2.75) is 105 Å². The third-order valence-corrected chi connectivity index (χ3v) is 11.9. The summed E-state index contributed by atoms with van der Waals surface area (Å²) in [7, 11) is 0. The number of carbonyl (C=O) groups is 3. The topological polar surface area (TPSA) is 132 Å². The van der Waals surface area contributed by atoms with Crippen molar-refractivity contribution in [1.82, 2.24) is 0 Å². The summed E-state index contributed by atoms with van der Waals surface area (Å²) in [6.45, 7) is 12.4. The highest BCUT2D eigenvalue weighted by Crippen LogP contribution is 2.65. The Morgan fingerprint density at radius 1 is 0.979 bits per heavy atom. The lowest BCUT2D eigenvalue weighted by molar-refractivity contribution is -0.171. The molecule has 0 aliphatic heterocycles. The van der Waals surface area contributed by atoms with Gasteiger partial charge in [0.2, 0.25) is 5.78 Å². The Kier molecular flexibility index (Phi) is 7.90. The van der Waals surface area contributed by atoms with E-state index in [1.807, 2.05) is 52.8 Å². The fourth-order valence-corrected chi connectivity index (χ4v) is 9.93. The zero-order valence-electron chi connectivity index (χ0n) is 28.7. The van der Waals surface area contributed by atoms with Crippen LogP contribution in [-0.4, -0.2) is 43.4 Å². The van der Waals surface area contributed by atoms with E-state index in [2.05, 4.69) is 12.1 Å². The van der Waals surface area contributed by atoms with Gasteiger partial charge in [0.05, 0.1) is 5.56 Å². The molecule has 0 heterocycles. The molecule has 7 nitrogen and oxygen atoms in total. The van der Waals surface area contributed by atoms with Crippen LogP contribution in [0.25, 0.3) is 11.1 Å². The van der Waals surface area contributed by atoms with Crippen LogP contribution in [0.3, 0.4) is 0 Å². The first-order valence-electron chi connectivity index (χ1n) is 17.2. The zero-order chi connectivity index (χ0) is 34.4. The summed E-state index contributed by atoms with van der Waals surface area (Å²) in [6, 6.07) is 10.1. The quantitative estimate of drug-likeness (QED) is 0.236. The summed E-state index contributed by atoms with van der Waals surface area (Å²) in [4.78, 5) is 41.3. The van der Waals surface area contributed by atoms with Gasteiger partial charge < -0.3 is 20.4 Å². The third-order valence-electron chi connectivity index (χ3n) is 11.9. The molecule has 250 valence electrons. The van der Waals surface area contributed by atoms with Crippen LogP contribution >= 0.6 is 0 Å². The Balaban J connectivity index is 1.53. The van der Waals surface area contributed by atoms with Crippen molar-refractivity contribution in [3.63, 3.8) is 0 Å². The minimum Gasteiger partial charge on any atom is -0.511 e. The van der Waals surface area contributed by atoms with Gasteiger partial charge in [-0.1, -0.05) is 91.5 Å². The number of fused-ring (bicyclic) bond motifs is 3. The van der Waals surface area contributed by atoms with Crippen LogP contribution in [0.4, 0.5) is 0 Å². The lowest BCUT2D eigenvalue weighted by Gasteiger charge is -2.59. The van der Waals surface area contributed by atoms with E-state index in [0.717, 1.165) is 24.5 Å². The van der Waals surface area contributed by atoms with Crippen molar-refractivity contribution in [3.05, 3.63) is 75.3 Å². The molecule has 0 saturated heterocycles. The van der Waals surface area contributed by atoms with Crippen LogP contribution in [0.1, 0.15) is 114 Å². The highest BCUT2D eigenvalue weighted by molar-refractivity contribution is 6.25. The number of ketones is 3. The number of phenols is 1. The zero-order valence-corrected chi connectivity index (χ0v) is 28.7. The first-order valence-corrected chi connectivity index (χ1v) is 17.2. The molecule has 2 aromatic rings. The second kappa shape index (κ2) is 11.2. The monoisotopic (exact) mass is 640 g/mol. The van der Waals surface area contributed by atoms with Gasteiger partial charge in [0, 0.05) is 27.9 Å². The van der Waals surface area contributed by atoms with Crippen molar-refractivity contribution in [2.75, 3.05) is 0 Å². The van der Waals surface area contributed by atoms with Gasteiger partial charge in [-0.2, -0.15) is 0 Å². The molecule has 0 aromatic heterocycles. The number of Topliss-reactive ketones (excluding diaryl/α,β-unsaturated/α-hetero) is 3. The van der Waals surface area contributed by atoms with Crippen LogP contribution in [0.15, 0.2) is 53.0 Å². The molecule has 7 heteroatoms. The average Bonchev–Trinajstić information content (AvgIpc) is 3.48. The summed E-state index contributed by atoms with van der Waals surface area (Å²) in [5.74, 6) is -4.31. The number of allylic oxidation sites excluding steroid dienone is 2. The number of aromatic hydroxyl groups is 1. The maximum Gasteiger partial charge on any atom is 0.209 e. The summed E-state index contributed by atoms with van der Waals surface area (Å²) in [5, 5.41) is 47.6.